The Kier molecular flexibility index (Phi) is 5.43. The van der Waals surface area contributed by atoms with E-state index in [0.717, 1.165) is 26.3 Å². The van der Waals surface area contributed by atoms with E-state index in [1.54, 1.807) is 0 Å². The molecule has 0 aliphatic heterocycles. The molecular weight excluding hydrogens is 188 g/mol. The minimum Gasteiger partial charge on any atom is -0.380 e. The predicted molar refractivity (Wildman–Crippen MR) is 63.0 cm³/mol. The molecule has 1 rings (SSSR count). The van der Waals surface area contributed by atoms with E-state index in [2.05, 4.69) is 42.2 Å². The summed E-state index contributed by atoms with van der Waals surface area (Å²) in [6.45, 7) is 9.86. The van der Waals surface area contributed by atoms with Gasteiger partial charge in [-0.1, -0.05) is 6.92 Å². The second kappa shape index (κ2) is 6.64. The summed E-state index contributed by atoms with van der Waals surface area (Å²) in [5, 5.41) is 3.40. The van der Waals surface area contributed by atoms with Crippen molar-refractivity contribution in [3.63, 3.8) is 0 Å². The van der Waals surface area contributed by atoms with Gasteiger partial charge >= 0.3 is 0 Å². The average Bonchev–Trinajstić information content (AvgIpc) is 2.67. The minimum atomic E-state index is 0.434. The monoisotopic (exact) mass is 210 g/mol. The number of nitrogens with zero attached hydrogens (tertiary/aromatic N) is 1. The summed E-state index contributed by atoms with van der Waals surface area (Å²) in [6, 6.07) is 2.60. The highest BCUT2D eigenvalue weighted by atomic mass is 16.5. The topological polar surface area (TPSA) is 26.2 Å². The lowest BCUT2D eigenvalue weighted by Crippen LogP contribution is -2.17. The maximum atomic E-state index is 5.32. The summed E-state index contributed by atoms with van der Waals surface area (Å²) >= 11 is 0. The van der Waals surface area contributed by atoms with Gasteiger partial charge in [0.2, 0.25) is 0 Å². The van der Waals surface area contributed by atoms with Crippen LogP contribution in [0.1, 0.15) is 32.4 Å². The van der Waals surface area contributed by atoms with Crippen LogP contribution in [0.2, 0.25) is 0 Å². The van der Waals surface area contributed by atoms with Gasteiger partial charge in [-0.2, -0.15) is 0 Å². The van der Waals surface area contributed by atoms with Gasteiger partial charge in [0.1, 0.15) is 0 Å². The van der Waals surface area contributed by atoms with Crippen LogP contribution in [0.4, 0.5) is 0 Å². The van der Waals surface area contributed by atoms with Crippen LogP contribution >= 0.6 is 0 Å². The molecule has 1 N–H and O–H groups in total. The molecule has 0 bridgehead atoms. The van der Waals surface area contributed by atoms with E-state index in [-0.39, 0.29) is 0 Å². The Hall–Kier alpha value is -0.800. The van der Waals surface area contributed by atoms with Gasteiger partial charge in [0, 0.05) is 31.6 Å². The fraction of sp³-hybridized carbons (Fsp3) is 0.667. The highest BCUT2D eigenvalue weighted by Crippen LogP contribution is 2.12. The maximum Gasteiger partial charge on any atom is 0.0645 e. The Bertz CT molecular complexity index is 270. The molecule has 1 atom stereocenters. The van der Waals surface area contributed by atoms with Crippen molar-refractivity contribution in [2.75, 3.05) is 19.8 Å². The third-order valence-electron chi connectivity index (χ3n) is 2.48. The van der Waals surface area contributed by atoms with E-state index in [0.29, 0.717) is 6.04 Å². The number of hydrogen-bond acceptors (Lipinski definition) is 2. The standard InChI is InChI=1S/C12H22N2O/c1-4-13-11(3)12-6-7-14(10-12)8-9-15-5-2/h6-7,10-11,13H,4-5,8-9H2,1-3H3. The molecule has 3 heteroatoms. The first-order chi connectivity index (χ1) is 7.27. The number of hydrogen-bond donors (Lipinski definition) is 1. The summed E-state index contributed by atoms with van der Waals surface area (Å²) < 4.78 is 7.50. The number of rotatable bonds is 7. The van der Waals surface area contributed by atoms with Gasteiger partial charge in [0.15, 0.2) is 0 Å². The molecule has 0 spiro atoms. The van der Waals surface area contributed by atoms with Crippen LogP contribution in [0, 0.1) is 0 Å². The molecule has 0 aliphatic carbocycles. The Morgan fingerprint density at radius 2 is 2.27 bits per heavy atom. The SMILES string of the molecule is CCNC(C)c1ccn(CCOCC)c1. The Morgan fingerprint density at radius 1 is 1.47 bits per heavy atom. The molecule has 1 unspecified atom stereocenters. The molecule has 0 aliphatic rings. The first-order valence-corrected chi connectivity index (χ1v) is 5.74. The average molecular weight is 210 g/mol. The van der Waals surface area contributed by atoms with Gasteiger partial charge in [-0.3, -0.25) is 0 Å². The van der Waals surface area contributed by atoms with Gasteiger partial charge in [-0.25, -0.2) is 0 Å². The molecule has 0 amide bonds. The number of aromatic nitrogens is 1. The smallest absolute Gasteiger partial charge is 0.0645 e. The van der Waals surface area contributed by atoms with Crippen LogP contribution in [0.15, 0.2) is 18.5 Å². The van der Waals surface area contributed by atoms with Crippen LogP contribution in [0.5, 0.6) is 0 Å². The Morgan fingerprint density at radius 3 is 2.93 bits per heavy atom. The largest absolute Gasteiger partial charge is 0.380 e. The zero-order valence-electron chi connectivity index (χ0n) is 9.99. The lowest BCUT2D eigenvalue weighted by molar-refractivity contribution is 0.139. The molecule has 1 aromatic rings. The van der Waals surface area contributed by atoms with E-state index >= 15 is 0 Å². The third-order valence-corrected chi connectivity index (χ3v) is 2.48. The zero-order chi connectivity index (χ0) is 11.1. The Labute approximate surface area is 92.4 Å². The zero-order valence-corrected chi connectivity index (χ0v) is 9.99. The molecule has 1 heterocycles. The molecule has 0 aromatic carbocycles. The first-order valence-electron chi connectivity index (χ1n) is 5.74. The second-order valence-corrected chi connectivity index (χ2v) is 3.66. The van der Waals surface area contributed by atoms with Gasteiger partial charge in [0.05, 0.1) is 6.61 Å². The summed E-state index contributed by atoms with van der Waals surface area (Å²) in [5.41, 5.74) is 1.34. The molecule has 86 valence electrons. The fourth-order valence-electron chi connectivity index (χ4n) is 1.59. The molecular formula is C12H22N2O. The van der Waals surface area contributed by atoms with Crippen molar-refractivity contribution in [1.82, 2.24) is 9.88 Å². The highest BCUT2D eigenvalue weighted by Gasteiger charge is 2.04. The van der Waals surface area contributed by atoms with Crippen molar-refractivity contribution in [3.05, 3.63) is 24.0 Å². The van der Waals surface area contributed by atoms with Crippen LogP contribution in [-0.2, 0) is 11.3 Å². The van der Waals surface area contributed by atoms with E-state index in [1.807, 2.05) is 6.92 Å². The van der Waals surface area contributed by atoms with Crippen molar-refractivity contribution in [2.24, 2.45) is 0 Å². The van der Waals surface area contributed by atoms with E-state index in [9.17, 15) is 0 Å². The number of ether oxygens (including phenoxy) is 1. The maximum absolute atomic E-state index is 5.32. The van der Waals surface area contributed by atoms with Crippen molar-refractivity contribution < 1.29 is 4.74 Å². The molecule has 0 saturated heterocycles. The van der Waals surface area contributed by atoms with Crippen LogP contribution < -0.4 is 5.32 Å². The van der Waals surface area contributed by atoms with E-state index in [1.165, 1.54) is 5.56 Å². The van der Waals surface area contributed by atoms with Crippen molar-refractivity contribution in [2.45, 2.75) is 33.4 Å². The van der Waals surface area contributed by atoms with Crippen LogP contribution in [0.3, 0.4) is 0 Å². The fourth-order valence-corrected chi connectivity index (χ4v) is 1.59. The lowest BCUT2D eigenvalue weighted by Gasteiger charge is -2.09. The molecule has 0 fully saturated rings. The van der Waals surface area contributed by atoms with Gasteiger partial charge < -0.3 is 14.6 Å². The number of nitrogens with one attached hydrogen (secondary N) is 1. The minimum absolute atomic E-state index is 0.434. The predicted octanol–water partition coefficient (Wildman–Crippen LogP) is 2.20. The molecule has 0 radical (unpaired) electrons. The summed E-state index contributed by atoms with van der Waals surface area (Å²) in [6.07, 6.45) is 4.30. The molecule has 0 saturated carbocycles. The highest BCUT2D eigenvalue weighted by molar-refractivity contribution is 5.14. The lowest BCUT2D eigenvalue weighted by atomic mass is 10.2. The van der Waals surface area contributed by atoms with Gasteiger partial charge in [-0.15, -0.1) is 0 Å². The van der Waals surface area contributed by atoms with Gasteiger partial charge in [-0.05, 0) is 32.0 Å². The van der Waals surface area contributed by atoms with Gasteiger partial charge in [0.25, 0.3) is 0 Å². The molecule has 3 nitrogen and oxygen atoms in total. The summed E-state index contributed by atoms with van der Waals surface area (Å²) in [4.78, 5) is 0. The quantitative estimate of drug-likeness (QED) is 0.698. The first kappa shape index (κ1) is 12.3. The van der Waals surface area contributed by atoms with Crippen molar-refractivity contribution >= 4 is 0 Å². The van der Waals surface area contributed by atoms with E-state index in [4.69, 9.17) is 4.74 Å². The summed E-state index contributed by atoms with van der Waals surface area (Å²) in [5.74, 6) is 0. The van der Waals surface area contributed by atoms with E-state index < -0.39 is 0 Å². The van der Waals surface area contributed by atoms with Crippen LogP contribution in [0.25, 0.3) is 0 Å². The Balaban J connectivity index is 2.41. The molecule has 1 aromatic heterocycles. The normalized spacial score (nSPS) is 13.0. The second-order valence-electron chi connectivity index (χ2n) is 3.66. The summed E-state index contributed by atoms with van der Waals surface area (Å²) in [7, 11) is 0. The molecule has 15 heavy (non-hydrogen) atoms. The van der Waals surface area contributed by atoms with Crippen molar-refractivity contribution in [1.29, 1.82) is 0 Å². The third kappa shape index (κ3) is 4.06. The van der Waals surface area contributed by atoms with Crippen molar-refractivity contribution in [3.8, 4) is 0 Å². The van der Waals surface area contributed by atoms with Crippen LogP contribution in [-0.4, -0.2) is 24.3 Å².